The van der Waals surface area contributed by atoms with E-state index < -0.39 is 0 Å². The molecular formula is C20H21NO. The Labute approximate surface area is 132 Å². The van der Waals surface area contributed by atoms with Crippen LogP contribution in [0.15, 0.2) is 66.7 Å². The number of hydrogen-bond acceptors (Lipinski definition) is 2. The molecule has 2 unspecified atom stereocenters. The molecule has 2 atom stereocenters. The molecule has 2 aliphatic rings. The van der Waals surface area contributed by atoms with E-state index >= 15 is 0 Å². The van der Waals surface area contributed by atoms with Crippen molar-refractivity contribution in [1.82, 2.24) is 4.90 Å². The average Bonchev–Trinajstić information content (AvgIpc) is 2.56. The maximum atomic E-state index is 5.80. The van der Waals surface area contributed by atoms with Gasteiger partial charge in [0, 0.05) is 12.6 Å². The Morgan fingerprint density at radius 3 is 2.36 bits per heavy atom. The van der Waals surface area contributed by atoms with E-state index in [0.29, 0.717) is 12.1 Å². The van der Waals surface area contributed by atoms with Crippen molar-refractivity contribution >= 4 is 5.57 Å². The van der Waals surface area contributed by atoms with E-state index in [2.05, 4.69) is 71.6 Å². The van der Waals surface area contributed by atoms with E-state index in [9.17, 15) is 0 Å². The normalized spacial score (nSPS) is 24.8. The lowest BCUT2D eigenvalue weighted by molar-refractivity contribution is -0.0402. The first-order chi connectivity index (χ1) is 10.9. The lowest BCUT2D eigenvalue weighted by Crippen LogP contribution is -2.53. The highest BCUT2D eigenvalue weighted by Crippen LogP contribution is 2.33. The van der Waals surface area contributed by atoms with Gasteiger partial charge in [0.2, 0.25) is 0 Å². The minimum atomic E-state index is 0.392. The molecule has 0 spiro atoms. The molecular weight excluding hydrogens is 270 g/mol. The number of ether oxygens (including phenoxy) is 1. The molecule has 1 saturated heterocycles. The summed E-state index contributed by atoms with van der Waals surface area (Å²) in [6, 6.07) is 22.4. The molecule has 4 rings (SSSR count). The fourth-order valence-corrected chi connectivity index (χ4v) is 3.57. The van der Waals surface area contributed by atoms with Gasteiger partial charge >= 0.3 is 0 Å². The standard InChI is InChI=1S/C20H21NO/c1-3-7-16(8-4-1)13-21-19-11-18(12-20(21)15-22-14-19)17-9-5-2-6-10-17/h1-11,19-20H,12-15H2. The largest absolute Gasteiger partial charge is 0.378 e. The van der Waals surface area contributed by atoms with Crippen LogP contribution in [0.1, 0.15) is 17.5 Å². The first kappa shape index (κ1) is 13.7. The second-order valence-corrected chi connectivity index (χ2v) is 6.18. The van der Waals surface area contributed by atoms with Gasteiger partial charge in [-0.05, 0) is 23.1 Å². The molecule has 2 aliphatic heterocycles. The molecule has 2 aromatic carbocycles. The molecule has 22 heavy (non-hydrogen) atoms. The van der Waals surface area contributed by atoms with Crippen molar-refractivity contribution in [1.29, 1.82) is 0 Å². The highest BCUT2D eigenvalue weighted by Gasteiger charge is 2.34. The van der Waals surface area contributed by atoms with Crippen molar-refractivity contribution in [2.45, 2.75) is 25.0 Å². The molecule has 2 bridgehead atoms. The maximum Gasteiger partial charge on any atom is 0.0658 e. The van der Waals surface area contributed by atoms with Crippen molar-refractivity contribution in [2.24, 2.45) is 0 Å². The molecule has 0 amide bonds. The quantitative estimate of drug-likeness (QED) is 0.854. The maximum absolute atomic E-state index is 5.80. The SMILES string of the molecule is C1=C(c2ccccc2)CC2COCC1N2Cc1ccccc1. The van der Waals surface area contributed by atoms with Crippen LogP contribution in [0.3, 0.4) is 0 Å². The number of benzene rings is 2. The average molecular weight is 291 g/mol. The Bertz CT molecular complexity index is 650. The zero-order valence-corrected chi connectivity index (χ0v) is 12.7. The summed E-state index contributed by atoms with van der Waals surface area (Å²) in [5.41, 5.74) is 4.22. The zero-order chi connectivity index (χ0) is 14.8. The van der Waals surface area contributed by atoms with Gasteiger partial charge in [-0.25, -0.2) is 0 Å². The Kier molecular flexibility index (Phi) is 3.79. The molecule has 0 N–H and O–H groups in total. The van der Waals surface area contributed by atoms with Crippen molar-refractivity contribution in [3.63, 3.8) is 0 Å². The molecule has 0 aliphatic carbocycles. The van der Waals surface area contributed by atoms with Crippen LogP contribution >= 0.6 is 0 Å². The minimum Gasteiger partial charge on any atom is -0.378 e. The summed E-state index contributed by atoms with van der Waals surface area (Å²) in [7, 11) is 0. The van der Waals surface area contributed by atoms with Crippen LogP contribution in [0.25, 0.3) is 5.57 Å². The molecule has 0 aromatic heterocycles. The second-order valence-electron chi connectivity index (χ2n) is 6.18. The minimum absolute atomic E-state index is 0.392. The van der Waals surface area contributed by atoms with Crippen LogP contribution in [-0.2, 0) is 11.3 Å². The van der Waals surface area contributed by atoms with Crippen molar-refractivity contribution in [3.8, 4) is 0 Å². The van der Waals surface area contributed by atoms with Gasteiger partial charge in [-0.3, -0.25) is 4.90 Å². The van der Waals surface area contributed by atoms with E-state index in [-0.39, 0.29) is 0 Å². The Morgan fingerprint density at radius 1 is 0.909 bits per heavy atom. The Hall–Kier alpha value is -1.90. The van der Waals surface area contributed by atoms with E-state index in [1.54, 1.807) is 0 Å². The zero-order valence-electron chi connectivity index (χ0n) is 12.7. The molecule has 112 valence electrons. The third-order valence-electron chi connectivity index (χ3n) is 4.70. The van der Waals surface area contributed by atoms with Crippen LogP contribution in [0.5, 0.6) is 0 Å². The van der Waals surface area contributed by atoms with E-state index in [1.165, 1.54) is 16.7 Å². The lowest BCUT2D eigenvalue weighted by Gasteiger charge is -2.44. The van der Waals surface area contributed by atoms with Crippen LogP contribution in [0.4, 0.5) is 0 Å². The van der Waals surface area contributed by atoms with Gasteiger partial charge in [-0.15, -0.1) is 0 Å². The third kappa shape index (κ3) is 2.72. The summed E-state index contributed by atoms with van der Waals surface area (Å²) in [6.07, 6.45) is 3.49. The van der Waals surface area contributed by atoms with E-state index in [4.69, 9.17) is 4.74 Å². The molecule has 2 aromatic rings. The Morgan fingerprint density at radius 2 is 1.64 bits per heavy atom. The van der Waals surface area contributed by atoms with Crippen molar-refractivity contribution < 1.29 is 4.74 Å². The van der Waals surface area contributed by atoms with E-state index in [1.807, 2.05) is 0 Å². The molecule has 2 heterocycles. The van der Waals surface area contributed by atoms with Crippen LogP contribution < -0.4 is 0 Å². The topological polar surface area (TPSA) is 12.5 Å². The van der Waals surface area contributed by atoms with Gasteiger partial charge in [-0.1, -0.05) is 66.7 Å². The third-order valence-corrected chi connectivity index (χ3v) is 4.70. The second kappa shape index (κ2) is 6.07. The number of rotatable bonds is 3. The predicted octanol–water partition coefficient (Wildman–Crippen LogP) is 3.74. The fraction of sp³-hybridized carbons (Fsp3) is 0.300. The summed E-state index contributed by atoms with van der Waals surface area (Å²) in [5.74, 6) is 0. The van der Waals surface area contributed by atoms with Gasteiger partial charge in [-0.2, -0.15) is 0 Å². The van der Waals surface area contributed by atoms with Gasteiger partial charge in [0.1, 0.15) is 0 Å². The first-order valence-electron chi connectivity index (χ1n) is 8.04. The summed E-state index contributed by atoms with van der Waals surface area (Å²) in [5, 5.41) is 0. The number of fused-ring (bicyclic) bond motifs is 2. The van der Waals surface area contributed by atoms with Gasteiger partial charge < -0.3 is 4.74 Å². The predicted molar refractivity (Wildman–Crippen MR) is 89.4 cm³/mol. The summed E-state index contributed by atoms with van der Waals surface area (Å²) < 4.78 is 5.80. The smallest absolute Gasteiger partial charge is 0.0658 e. The van der Waals surface area contributed by atoms with E-state index in [0.717, 1.165) is 26.2 Å². The fourth-order valence-electron chi connectivity index (χ4n) is 3.57. The van der Waals surface area contributed by atoms with Crippen LogP contribution in [0.2, 0.25) is 0 Å². The molecule has 2 nitrogen and oxygen atoms in total. The van der Waals surface area contributed by atoms with Crippen molar-refractivity contribution in [2.75, 3.05) is 13.2 Å². The highest BCUT2D eigenvalue weighted by molar-refractivity contribution is 5.67. The summed E-state index contributed by atoms with van der Waals surface area (Å²) in [6.45, 7) is 2.66. The summed E-state index contributed by atoms with van der Waals surface area (Å²) >= 11 is 0. The summed E-state index contributed by atoms with van der Waals surface area (Å²) in [4.78, 5) is 2.60. The lowest BCUT2D eigenvalue weighted by atomic mass is 9.89. The Balaban J connectivity index is 1.60. The van der Waals surface area contributed by atoms with Crippen LogP contribution in [-0.4, -0.2) is 30.2 Å². The van der Waals surface area contributed by atoms with Gasteiger partial charge in [0.05, 0.1) is 19.3 Å². The molecule has 0 saturated carbocycles. The number of hydrogen-bond donors (Lipinski definition) is 0. The van der Waals surface area contributed by atoms with Gasteiger partial charge in [0.15, 0.2) is 0 Å². The number of morpholine rings is 1. The van der Waals surface area contributed by atoms with Gasteiger partial charge in [0.25, 0.3) is 0 Å². The monoisotopic (exact) mass is 291 g/mol. The van der Waals surface area contributed by atoms with Crippen LogP contribution in [0, 0.1) is 0 Å². The molecule has 2 heteroatoms. The molecule has 0 radical (unpaired) electrons. The number of nitrogens with zero attached hydrogens (tertiary/aromatic N) is 1. The van der Waals surface area contributed by atoms with Crippen molar-refractivity contribution in [3.05, 3.63) is 77.9 Å². The highest BCUT2D eigenvalue weighted by atomic mass is 16.5. The first-order valence-corrected chi connectivity index (χ1v) is 8.04. The molecule has 1 fully saturated rings.